The Morgan fingerprint density at radius 2 is 0.649 bits per heavy atom. The summed E-state index contributed by atoms with van der Waals surface area (Å²) in [4.78, 5) is 0. The second-order valence-electron chi connectivity index (χ2n) is 8.88. The molecule has 0 N–H and O–H groups in total. The van der Waals surface area contributed by atoms with Crippen molar-refractivity contribution in [3.63, 3.8) is 0 Å². The Bertz CT molecular complexity index is 1310. The maximum Gasteiger partial charge on any atom is 0.178 e. The SMILES string of the molecule is c1ccc(C(OC(c2ccccc2)(c2ccccc2)c2ccco2)(c2ccccc2)c2ccco2)cc1. The van der Waals surface area contributed by atoms with Crippen LogP contribution in [0.15, 0.2) is 167 Å². The van der Waals surface area contributed by atoms with Crippen LogP contribution in [0.5, 0.6) is 0 Å². The topological polar surface area (TPSA) is 35.5 Å². The van der Waals surface area contributed by atoms with Gasteiger partial charge >= 0.3 is 0 Å². The average Bonchev–Trinajstić information content (AvgIpc) is 3.72. The molecular formula is C34H26O3. The van der Waals surface area contributed by atoms with Gasteiger partial charge in [-0.15, -0.1) is 0 Å². The predicted octanol–water partition coefficient (Wildman–Crippen LogP) is 8.17. The van der Waals surface area contributed by atoms with Crippen LogP contribution < -0.4 is 0 Å². The largest absolute Gasteiger partial charge is 0.466 e. The van der Waals surface area contributed by atoms with Crippen LogP contribution in [0.25, 0.3) is 0 Å². The zero-order chi connectivity index (χ0) is 25.0. The van der Waals surface area contributed by atoms with E-state index in [0.717, 1.165) is 22.3 Å². The van der Waals surface area contributed by atoms with Gasteiger partial charge in [-0.25, -0.2) is 0 Å². The molecule has 4 aromatic carbocycles. The van der Waals surface area contributed by atoms with Crippen LogP contribution in [0, 0.1) is 0 Å². The first kappa shape index (κ1) is 22.8. The van der Waals surface area contributed by atoms with Crippen molar-refractivity contribution in [2.24, 2.45) is 0 Å². The third-order valence-electron chi connectivity index (χ3n) is 6.76. The van der Waals surface area contributed by atoms with Crippen molar-refractivity contribution in [2.45, 2.75) is 11.2 Å². The molecule has 0 spiro atoms. The molecule has 2 aromatic heterocycles. The number of ether oxygens (including phenoxy) is 1. The van der Waals surface area contributed by atoms with Gasteiger partial charge in [-0.05, 0) is 46.5 Å². The van der Waals surface area contributed by atoms with Crippen LogP contribution in [0.3, 0.4) is 0 Å². The smallest absolute Gasteiger partial charge is 0.178 e. The third kappa shape index (κ3) is 3.90. The lowest BCUT2D eigenvalue weighted by Gasteiger charge is -2.43. The fourth-order valence-electron chi connectivity index (χ4n) is 5.12. The molecule has 0 bridgehead atoms. The Hall–Kier alpha value is -4.60. The number of hydrogen-bond acceptors (Lipinski definition) is 3. The highest BCUT2D eigenvalue weighted by atomic mass is 16.5. The molecule has 0 aliphatic heterocycles. The molecule has 0 saturated carbocycles. The van der Waals surface area contributed by atoms with Crippen molar-refractivity contribution in [1.82, 2.24) is 0 Å². The third-order valence-corrected chi connectivity index (χ3v) is 6.76. The van der Waals surface area contributed by atoms with Gasteiger partial charge in [0.1, 0.15) is 11.5 Å². The quantitative estimate of drug-likeness (QED) is 0.219. The van der Waals surface area contributed by atoms with Gasteiger partial charge < -0.3 is 13.6 Å². The molecule has 0 atom stereocenters. The fraction of sp³-hybridized carbons (Fsp3) is 0.0588. The summed E-state index contributed by atoms with van der Waals surface area (Å²) in [5, 5.41) is 0. The molecule has 0 amide bonds. The molecule has 0 unspecified atom stereocenters. The van der Waals surface area contributed by atoms with Crippen molar-refractivity contribution in [2.75, 3.05) is 0 Å². The van der Waals surface area contributed by atoms with Crippen molar-refractivity contribution < 1.29 is 13.6 Å². The number of furan rings is 2. The zero-order valence-corrected chi connectivity index (χ0v) is 20.2. The molecule has 0 aliphatic carbocycles. The van der Waals surface area contributed by atoms with E-state index in [1.54, 1.807) is 12.5 Å². The molecule has 0 radical (unpaired) electrons. The second-order valence-corrected chi connectivity index (χ2v) is 8.88. The first-order valence-electron chi connectivity index (χ1n) is 12.3. The molecule has 180 valence electrons. The summed E-state index contributed by atoms with van der Waals surface area (Å²) in [7, 11) is 0. The van der Waals surface area contributed by atoms with Gasteiger partial charge in [-0.2, -0.15) is 0 Å². The first-order valence-corrected chi connectivity index (χ1v) is 12.3. The predicted molar refractivity (Wildman–Crippen MR) is 144 cm³/mol. The maximum absolute atomic E-state index is 7.67. The summed E-state index contributed by atoms with van der Waals surface area (Å²) in [6.07, 6.45) is 3.39. The Morgan fingerprint density at radius 3 is 0.892 bits per heavy atom. The molecular weight excluding hydrogens is 456 g/mol. The molecule has 0 aliphatic rings. The highest BCUT2D eigenvalue weighted by Gasteiger charge is 2.51. The Morgan fingerprint density at radius 1 is 0.351 bits per heavy atom. The highest BCUT2D eigenvalue weighted by Crippen LogP contribution is 2.51. The lowest BCUT2D eigenvalue weighted by atomic mass is 9.79. The molecule has 6 rings (SSSR count). The number of hydrogen-bond donors (Lipinski definition) is 0. The van der Waals surface area contributed by atoms with Gasteiger partial charge in [-0.3, -0.25) is 0 Å². The molecule has 2 heterocycles. The Balaban J connectivity index is 1.74. The summed E-state index contributed by atoms with van der Waals surface area (Å²) < 4.78 is 20.0. The highest BCUT2D eigenvalue weighted by molar-refractivity contribution is 5.49. The maximum atomic E-state index is 7.67. The van der Waals surface area contributed by atoms with Crippen LogP contribution in [0.2, 0.25) is 0 Å². The zero-order valence-electron chi connectivity index (χ0n) is 20.2. The lowest BCUT2D eigenvalue weighted by Crippen LogP contribution is -2.44. The normalized spacial score (nSPS) is 11.9. The summed E-state index contributed by atoms with van der Waals surface area (Å²) in [6.45, 7) is 0. The van der Waals surface area contributed by atoms with Crippen LogP contribution in [-0.2, 0) is 15.9 Å². The lowest BCUT2D eigenvalue weighted by molar-refractivity contribution is -0.0998. The second kappa shape index (κ2) is 9.81. The van der Waals surface area contributed by atoms with E-state index >= 15 is 0 Å². The van der Waals surface area contributed by atoms with Gasteiger partial charge in [0, 0.05) is 0 Å². The molecule has 3 heteroatoms. The first-order chi connectivity index (χ1) is 18.3. The number of benzene rings is 4. The van der Waals surface area contributed by atoms with Crippen molar-refractivity contribution in [3.05, 3.63) is 192 Å². The van der Waals surface area contributed by atoms with Crippen molar-refractivity contribution in [1.29, 1.82) is 0 Å². The van der Waals surface area contributed by atoms with E-state index in [1.807, 2.05) is 97.1 Å². The van der Waals surface area contributed by atoms with E-state index in [9.17, 15) is 0 Å². The fourth-order valence-corrected chi connectivity index (χ4v) is 5.12. The average molecular weight is 483 g/mol. The van der Waals surface area contributed by atoms with Gasteiger partial charge in [0.05, 0.1) is 12.5 Å². The number of rotatable bonds is 8. The Kier molecular flexibility index (Phi) is 6.05. The minimum atomic E-state index is -1.11. The van der Waals surface area contributed by atoms with Crippen LogP contribution in [-0.4, -0.2) is 0 Å². The Labute approximate surface area is 216 Å². The molecule has 0 fully saturated rings. The van der Waals surface area contributed by atoms with Gasteiger partial charge in [0.2, 0.25) is 0 Å². The van der Waals surface area contributed by atoms with Crippen molar-refractivity contribution in [3.8, 4) is 0 Å². The molecule has 0 saturated heterocycles. The van der Waals surface area contributed by atoms with Crippen LogP contribution in [0.4, 0.5) is 0 Å². The van der Waals surface area contributed by atoms with E-state index in [0.29, 0.717) is 11.5 Å². The van der Waals surface area contributed by atoms with Crippen LogP contribution >= 0.6 is 0 Å². The summed E-state index contributed by atoms with van der Waals surface area (Å²) >= 11 is 0. The monoisotopic (exact) mass is 482 g/mol. The van der Waals surface area contributed by atoms with E-state index in [1.165, 1.54) is 0 Å². The van der Waals surface area contributed by atoms with Gasteiger partial charge in [-0.1, -0.05) is 121 Å². The van der Waals surface area contributed by atoms with E-state index in [-0.39, 0.29) is 0 Å². The van der Waals surface area contributed by atoms with E-state index < -0.39 is 11.2 Å². The molecule has 6 aromatic rings. The van der Waals surface area contributed by atoms with E-state index in [2.05, 4.69) is 48.5 Å². The van der Waals surface area contributed by atoms with E-state index in [4.69, 9.17) is 13.6 Å². The molecule has 37 heavy (non-hydrogen) atoms. The standard InChI is InChI=1S/C34H26O3/c1-5-15-27(16-6-1)33(31-23-13-25-35-31,28-17-7-2-8-18-28)37-34(32-24-14-26-36-32,29-19-9-3-10-20-29)30-21-11-4-12-22-30/h1-26H. The summed E-state index contributed by atoms with van der Waals surface area (Å²) in [6, 6.07) is 48.7. The molecule has 3 nitrogen and oxygen atoms in total. The minimum absolute atomic E-state index is 0.674. The summed E-state index contributed by atoms with van der Waals surface area (Å²) in [5.74, 6) is 1.35. The van der Waals surface area contributed by atoms with Gasteiger partial charge in [0.25, 0.3) is 0 Å². The summed E-state index contributed by atoms with van der Waals surface area (Å²) in [5.41, 5.74) is 1.56. The van der Waals surface area contributed by atoms with Gasteiger partial charge in [0.15, 0.2) is 11.2 Å². The minimum Gasteiger partial charge on any atom is -0.466 e. The van der Waals surface area contributed by atoms with Crippen LogP contribution in [0.1, 0.15) is 33.8 Å². The van der Waals surface area contributed by atoms with Crippen molar-refractivity contribution >= 4 is 0 Å².